The van der Waals surface area contributed by atoms with Crippen molar-refractivity contribution in [1.29, 1.82) is 0 Å². The zero-order valence-corrected chi connectivity index (χ0v) is 6.29. The molecule has 0 aliphatic heterocycles. The molecule has 0 unspecified atom stereocenters. The summed E-state index contributed by atoms with van der Waals surface area (Å²) < 4.78 is 9.46. The molecule has 0 bridgehead atoms. The average molecular weight is 158 g/mol. The number of nitrogens with one attached hydrogen (secondary N) is 1. The molecule has 0 saturated heterocycles. The van der Waals surface area contributed by atoms with Crippen molar-refractivity contribution in [1.82, 2.24) is 10.2 Å². The van der Waals surface area contributed by atoms with Crippen LogP contribution in [-0.4, -0.2) is 23.9 Å². The molecule has 0 spiro atoms. The maximum Gasteiger partial charge on any atom is 0.434 e. The Labute approximate surface area is 63.4 Å². The fraction of sp³-hybridized carbons (Fsp3) is 0.667. The Bertz CT molecular complexity index is 252. The van der Waals surface area contributed by atoms with Gasteiger partial charge in [-0.05, 0) is 6.42 Å². The smallest absolute Gasteiger partial charge is 0.393 e. The van der Waals surface area contributed by atoms with Gasteiger partial charge in [0.1, 0.15) is 0 Å². The minimum Gasteiger partial charge on any atom is -0.393 e. The number of aromatic nitrogens is 2. The van der Waals surface area contributed by atoms with Gasteiger partial charge >= 0.3 is 5.76 Å². The molecule has 1 heterocycles. The highest BCUT2D eigenvalue weighted by Gasteiger charge is 1.98. The van der Waals surface area contributed by atoms with E-state index in [0.29, 0.717) is 18.9 Å². The Morgan fingerprint density at radius 1 is 1.73 bits per heavy atom. The van der Waals surface area contributed by atoms with Crippen LogP contribution in [0.4, 0.5) is 0 Å². The van der Waals surface area contributed by atoms with Gasteiger partial charge in [-0.15, -0.1) is 5.10 Å². The molecule has 1 aromatic rings. The van der Waals surface area contributed by atoms with E-state index in [4.69, 9.17) is 4.74 Å². The molecular formula is C6H10N2O3. The lowest BCUT2D eigenvalue weighted by Crippen LogP contribution is -1.94. The minimum absolute atomic E-state index is 0.437. The number of methoxy groups -OCH3 is 1. The van der Waals surface area contributed by atoms with E-state index in [1.165, 1.54) is 0 Å². The summed E-state index contributed by atoms with van der Waals surface area (Å²) in [4.78, 5) is 10.4. The van der Waals surface area contributed by atoms with Gasteiger partial charge in [0.05, 0.1) is 0 Å². The molecule has 0 saturated carbocycles. The third kappa shape index (κ3) is 2.55. The highest BCUT2D eigenvalue weighted by molar-refractivity contribution is 4.72. The molecule has 0 aliphatic rings. The zero-order chi connectivity index (χ0) is 8.10. The number of ether oxygens (including phenoxy) is 1. The third-order valence-corrected chi connectivity index (χ3v) is 1.22. The molecule has 0 aliphatic carbocycles. The topological polar surface area (TPSA) is 68.1 Å². The van der Waals surface area contributed by atoms with Gasteiger partial charge in [0.25, 0.3) is 0 Å². The van der Waals surface area contributed by atoms with E-state index in [1.54, 1.807) is 7.11 Å². The third-order valence-electron chi connectivity index (χ3n) is 1.22. The molecule has 62 valence electrons. The standard InChI is InChI=1S/C6H10N2O3/c1-10-4-2-3-5-7-8-6(9)11-5/h2-4H2,1H3,(H,8,9). The molecule has 0 fully saturated rings. The molecule has 0 atom stereocenters. The molecule has 0 aromatic carbocycles. The van der Waals surface area contributed by atoms with E-state index >= 15 is 0 Å². The molecule has 0 amide bonds. The normalized spacial score (nSPS) is 10.3. The van der Waals surface area contributed by atoms with Crippen LogP contribution < -0.4 is 5.76 Å². The number of hydrogen-bond donors (Lipinski definition) is 1. The fourth-order valence-electron chi connectivity index (χ4n) is 0.735. The van der Waals surface area contributed by atoms with Crippen molar-refractivity contribution >= 4 is 0 Å². The lowest BCUT2D eigenvalue weighted by Gasteiger charge is -1.92. The van der Waals surface area contributed by atoms with Crippen molar-refractivity contribution in [2.75, 3.05) is 13.7 Å². The molecule has 5 nitrogen and oxygen atoms in total. The maximum atomic E-state index is 10.4. The van der Waals surface area contributed by atoms with Gasteiger partial charge in [-0.2, -0.15) is 0 Å². The SMILES string of the molecule is COCCCc1n[nH]c(=O)o1. The van der Waals surface area contributed by atoms with Crippen molar-refractivity contribution in [2.45, 2.75) is 12.8 Å². The predicted molar refractivity (Wildman–Crippen MR) is 37.3 cm³/mol. The number of aromatic amines is 1. The molecular weight excluding hydrogens is 148 g/mol. The van der Waals surface area contributed by atoms with Gasteiger partial charge in [0, 0.05) is 20.1 Å². The monoisotopic (exact) mass is 158 g/mol. The summed E-state index contributed by atoms with van der Waals surface area (Å²) in [5.41, 5.74) is 0. The maximum absolute atomic E-state index is 10.4. The van der Waals surface area contributed by atoms with Crippen LogP contribution in [0.25, 0.3) is 0 Å². The second-order valence-electron chi connectivity index (χ2n) is 2.10. The minimum atomic E-state index is -0.502. The molecule has 1 N–H and O–H groups in total. The molecule has 0 radical (unpaired) electrons. The van der Waals surface area contributed by atoms with Crippen LogP contribution in [0.2, 0.25) is 0 Å². The summed E-state index contributed by atoms with van der Waals surface area (Å²) in [6, 6.07) is 0. The van der Waals surface area contributed by atoms with Crippen molar-refractivity contribution in [3.63, 3.8) is 0 Å². The van der Waals surface area contributed by atoms with Gasteiger partial charge in [-0.25, -0.2) is 9.89 Å². The van der Waals surface area contributed by atoms with Crippen molar-refractivity contribution in [3.05, 3.63) is 16.4 Å². The van der Waals surface area contributed by atoms with Gasteiger partial charge in [-0.1, -0.05) is 0 Å². The first kappa shape index (κ1) is 8.00. The van der Waals surface area contributed by atoms with Gasteiger partial charge < -0.3 is 9.15 Å². The largest absolute Gasteiger partial charge is 0.434 e. The number of hydrogen-bond acceptors (Lipinski definition) is 4. The van der Waals surface area contributed by atoms with Crippen molar-refractivity contribution in [3.8, 4) is 0 Å². The van der Waals surface area contributed by atoms with Gasteiger partial charge in [-0.3, -0.25) is 0 Å². The first-order valence-corrected chi connectivity index (χ1v) is 3.36. The lowest BCUT2D eigenvalue weighted by molar-refractivity contribution is 0.192. The number of aryl methyl sites for hydroxylation is 1. The van der Waals surface area contributed by atoms with Gasteiger partial charge in [0.2, 0.25) is 5.89 Å². The Morgan fingerprint density at radius 2 is 2.55 bits per heavy atom. The Morgan fingerprint density at radius 3 is 3.09 bits per heavy atom. The average Bonchev–Trinajstić information content (AvgIpc) is 2.37. The van der Waals surface area contributed by atoms with Crippen molar-refractivity contribution < 1.29 is 9.15 Å². The van der Waals surface area contributed by atoms with Crippen LogP contribution in [-0.2, 0) is 11.2 Å². The summed E-state index contributed by atoms with van der Waals surface area (Å²) in [5.74, 6) is -0.0653. The molecule has 1 aromatic heterocycles. The summed E-state index contributed by atoms with van der Waals surface area (Å²) in [6.07, 6.45) is 1.44. The second-order valence-corrected chi connectivity index (χ2v) is 2.10. The van der Waals surface area contributed by atoms with E-state index in [-0.39, 0.29) is 0 Å². The Balaban J connectivity index is 2.33. The van der Waals surface area contributed by atoms with E-state index in [9.17, 15) is 4.79 Å². The van der Waals surface area contributed by atoms with E-state index in [2.05, 4.69) is 14.6 Å². The van der Waals surface area contributed by atoms with E-state index in [1.807, 2.05) is 0 Å². The van der Waals surface area contributed by atoms with Crippen LogP contribution in [0.3, 0.4) is 0 Å². The van der Waals surface area contributed by atoms with E-state index in [0.717, 1.165) is 6.42 Å². The van der Waals surface area contributed by atoms with Crippen LogP contribution >= 0.6 is 0 Å². The fourth-order valence-corrected chi connectivity index (χ4v) is 0.735. The molecule has 1 rings (SSSR count). The quantitative estimate of drug-likeness (QED) is 0.623. The van der Waals surface area contributed by atoms with Crippen LogP contribution in [0.1, 0.15) is 12.3 Å². The van der Waals surface area contributed by atoms with Crippen LogP contribution in [0.15, 0.2) is 9.21 Å². The first-order valence-electron chi connectivity index (χ1n) is 3.36. The highest BCUT2D eigenvalue weighted by atomic mass is 16.5. The predicted octanol–water partition coefficient (Wildman–Crippen LogP) is -0.0581. The zero-order valence-electron chi connectivity index (χ0n) is 6.29. The summed E-state index contributed by atoms with van der Waals surface area (Å²) in [7, 11) is 1.63. The van der Waals surface area contributed by atoms with Gasteiger partial charge in [0.15, 0.2) is 0 Å². The van der Waals surface area contributed by atoms with Crippen LogP contribution in [0, 0.1) is 0 Å². The summed E-state index contributed by atoms with van der Waals surface area (Å²) in [6.45, 7) is 0.649. The number of nitrogens with zero attached hydrogens (tertiary/aromatic N) is 1. The first-order chi connectivity index (χ1) is 5.33. The number of rotatable bonds is 4. The van der Waals surface area contributed by atoms with Crippen LogP contribution in [0.5, 0.6) is 0 Å². The van der Waals surface area contributed by atoms with E-state index < -0.39 is 5.76 Å². The van der Waals surface area contributed by atoms with Crippen molar-refractivity contribution in [2.24, 2.45) is 0 Å². The summed E-state index contributed by atoms with van der Waals surface area (Å²) in [5, 5.41) is 5.81. The number of H-pyrrole nitrogens is 1. The molecule has 11 heavy (non-hydrogen) atoms. The molecule has 5 heteroatoms. The second kappa shape index (κ2) is 3.92. The Hall–Kier alpha value is -1.10. The highest BCUT2D eigenvalue weighted by Crippen LogP contribution is 1.93. The Kier molecular flexibility index (Phi) is 2.85. The lowest BCUT2D eigenvalue weighted by atomic mass is 10.3. The summed E-state index contributed by atoms with van der Waals surface area (Å²) >= 11 is 0.